The molecule has 1 N–H and O–H groups in total. The quantitative estimate of drug-likeness (QED) is 0.141. The van der Waals surface area contributed by atoms with Crippen LogP contribution in [-0.2, 0) is 28.1 Å². The number of halogens is 2. The third kappa shape index (κ3) is 5.87. The summed E-state index contributed by atoms with van der Waals surface area (Å²) in [5.74, 6) is -3.16. The maximum Gasteiger partial charge on any atom is 0.247 e. The molecule has 1 aromatic carbocycles. The zero-order chi connectivity index (χ0) is 31.8. The molecule has 1 aliphatic carbocycles. The van der Waals surface area contributed by atoms with Crippen LogP contribution in [0.4, 0.5) is 20.2 Å². The van der Waals surface area contributed by atoms with E-state index < -0.39 is 36.7 Å². The monoisotopic (exact) mass is 623 g/mol. The molecule has 2 aliphatic rings. The van der Waals surface area contributed by atoms with E-state index in [1.807, 2.05) is 10.7 Å². The topological polar surface area (TPSA) is 98.6 Å². The van der Waals surface area contributed by atoms with Crippen molar-refractivity contribution < 1.29 is 27.8 Å². The van der Waals surface area contributed by atoms with Gasteiger partial charge in [0, 0.05) is 26.9 Å². The van der Waals surface area contributed by atoms with Crippen molar-refractivity contribution in [3.05, 3.63) is 59.9 Å². The minimum Gasteiger partial charge on any atom is -0.493 e. The van der Waals surface area contributed by atoms with Gasteiger partial charge in [-0.1, -0.05) is 45.1 Å². The van der Waals surface area contributed by atoms with Gasteiger partial charge in [-0.2, -0.15) is 5.10 Å². The second-order valence-corrected chi connectivity index (χ2v) is 18.3. The lowest BCUT2D eigenvalue weighted by Gasteiger charge is -2.35. The number of methoxy groups -OCH3 is 2. The van der Waals surface area contributed by atoms with Crippen LogP contribution in [0.1, 0.15) is 43.2 Å². The number of aromatic nitrogens is 3. The van der Waals surface area contributed by atoms with E-state index in [2.05, 4.69) is 36.6 Å². The summed E-state index contributed by atoms with van der Waals surface area (Å²) in [7, 11) is 1.42. The minimum absolute atomic E-state index is 0.0796. The molecule has 0 atom stereocenters. The van der Waals surface area contributed by atoms with Crippen molar-refractivity contribution in [1.29, 1.82) is 0 Å². The van der Waals surface area contributed by atoms with E-state index in [1.54, 1.807) is 12.4 Å². The molecule has 2 amide bonds. The van der Waals surface area contributed by atoms with Gasteiger partial charge in [0.25, 0.3) is 0 Å². The first kappa shape index (κ1) is 31.4. The number of nitrogens with zero attached hydrogens (tertiary/aromatic N) is 4. The number of pyridine rings is 1. The molecule has 0 bridgehead atoms. The molecular formula is C32H39F2N5O4Si. The second-order valence-electron chi connectivity index (χ2n) is 12.7. The molecule has 3 aromatic rings. The highest BCUT2D eigenvalue weighted by molar-refractivity contribution is 6.76. The lowest BCUT2D eigenvalue weighted by molar-refractivity contribution is -0.121. The third-order valence-corrected chi connectivity index (χ3v) is 10.2. The molecule has 0 radical (unpaired) electrons. The Labute approximate surface area is 257 Å². The number of hydrogen-bond acceptors (Lipinski definition) is 6. The first-order chi connectivity index (χ1) is 20.9. The van der Waals surface area contributed by atoms with Gasteiger partial charge < -0.3 is 19.7 Å². The first-order valence-electron chi connectivity index (χ1n) is 14.8. The van der Waals surface area contributed by atoms with Gasteiger partial charge >= 0.3 is 0 Å². The number of carbonyl (C=O) groups is 2. The molecule has 1 aliphatic heterocycles. The largest absolute Gasteiger partial charge is 0.493 e. The Morgan fingerprint density at radius 2 is 1.77 bits per heavy atom. The number of fused-ring (bicyclic) bond motifs is 2. The van der Waals surface area contributed by atoms with Crippen molar-refractivity contribution in [1.82, 2.24) is 14.8 Å². The van der Waals surface area contributed by atoms with Gasteiger partial charge in [-0.15, -0.1) is 0 Å². The van der Waals surface area contributed by atoms with Crippen LogP contribution in [0.3, 0.4) is 0 Å². The highest BCUT2D eigenvalue weighted by atomic mass is 28.3. The third-order valence-electron chi connectivity index (χ3n) is 8.38. The number of aryl methyl sites for hydroxylation is 1. The first-order valence-corrected chi connectivity index (χ1v) is 18.6. The number of nitrogens with one attached hydrogen (secondary N) is 1. The van der Waals surface area contributed by atoms with E-state index in [9.17, 15) is 9.59 Å². The van der Waals surface area contributed by atoms with Crippen molar-refractivity contribution in [2.45, 2.75) is 76.3 Å². The number of ether oxygens (including phenoxy) is 2. The Hall–Kier alpha value is -4.06. The summed E-state index contributed by atoms with van der Waals surface area (Å²) in [5, 5.41) is 7.39. The van der Waals surface area contributed by atoms with Crippen LogP contribution in [-0.4, -0.2) is 48.9 Å². The fourth-order valence-electron chi connectivity index (χ4n) is 5.89. The number of benzene rings is 1. The average molecular weight is 624 g/mol. The zero-order valence-corrected chi connectivity index (χ0v) is 26.9. The summed E-state index contributed by atoms with van der Waals surface area (Å²) in [5.41, 5.74) is 1.68. The fraction of sp³-hybridized carbons (Fsp3) is 0.438. The number of rotatable bonds is 12. The van der Waals surface area contributed by atoms with Gasteiger partial charge in [0.2, 0.25) is 11.8 Å². The second kappa shape index (κ2) is 12.1. The molecule has 0 saturated heterocycles. The molecule has 0 unspecified atom stereocenters. The number of amides is 2. The average Bonchev–Trinajstić information content (AvgIpc) is 3.69. The van der Waals surface area contributed by atoms with Crippen LogP contribution in [0.25, 0.3) is 11.4 Å². The number of carbonyl (C=O) groups excluding carboxylic acids is 2. The Morgan fingerprint density at radius 3 is 2.36 bits per heavy atom. The Bertz CT molecular complexity index is 1580. The summed E-state index contributed by atoms with van der Waals surface area (Å²) < 4.78 is 43.0. The van der Waals surface area contributed by atoms with E-state index in [1.165, 1.54) is 26.3 Å². The van der Waals surface area contributed by atoms with Crippen LogP contribution in [0.5, 0.6) is 11.5 Å². The van der Waals surface area contributed by atoms with Crippen molar-refractivity contribution in [3.8, 4) is 22.9 Å². The number of unbranched alkanes of at least 4 members (excludes halogenated alkanes) is 2. The van der Waals surface area contributed by atoms with Gasteiger partial charge in [-0.05, 0) is 42.5 Å². The van der Waals surface area contributed by atoms with E-state index in [4.69, 9.17) is 14.5 Å². The van der Waals surface area contributed by atoms with E-state index >= 15 is 8.78 Å². The highest BCUT2D eigenvalue weighted by Gasteiger charge is 2.57. The number of hydrogen-bond donors (Lipinski definition) is 1. The maximum absolute atomic E-state index is 15.5. The maximum atomic E-state index is 15.5. The van der Waals surface area contributed by atoms with Crippen molar-refractivity contribution in [2.75, 3.05) is 24.4 Å². The van der Waals surface area contributed by atoms with Gasteiger partial charge in [0.05, 0.1) is 43.8 Å². The van der Waals surface area contributed by atoms with Crippen molar-refractivity contribution in [3.63, 3.8) is 0 Å². The van der Waals surface area contributed by atoms with Gasteiger partial charge in [0.15, 0.2) is 23.1 Å². The Kier molecular flexibility index (Phi) is 8.65. The Balaban J connectivity index is 1.51. The predicted molar refractivity (Wildman–Crippen MR) is 168 cm³/mol. The van der Waals surface area contributed by atoms with Crippen LogP contribution >= 0.6 is 0 Å². The lowest BCUT2D eigenvalue weighted by atomic mass is 9.86. The van der Waals surface area contributed by atoms with Gasteiger partial charge in [-0.25, -0.2) is 8.78 Å². The van der Waals surface area contributed by atoms with Crippen molar-refractivity contribution in [2.24, 2.45) is 0 Å². The van der Waals surface area contributed by atoms with Crippen LogP contribution in [0.15, 0.2) is 37.2 Å². The molecule has 44 heavy (non-hydrogen) atoms. The van der Waals surface area contributed by atoms with E-state index in [-0.39, 0.29) is 24.0 Å². The van der Waals surface area contributed by atoms with Gasteiger partial charge in [0.1, 0.15) is 11.4 Å². The molecule has 9 nitrogen and oxygen atoms in total. The van der Waals surface area contributed by atoms with E-state index in [0.717, 1.165) is 35.8 Å². The summed E-state index contributed by atoms with van der Waals surface area (Å²) in [4.78, 5) is 32.1. The fourth-order valence-corrected chi connectivity index (χ4v) is 7.20. The molecular weight excluding hydrogens is 584 g/mol. The van der Waals surface area contributed by atoms with Crippen LogP contribution in [0, 0.1) is 11.6 Å². The SMILES string of the molecule is C=CC(=O)Nc1cnn(CCCCC[Si](C)(C)C)c1-c1cc2c(cn1)CN(c1c(F)c(OC)cc(OC)c1F)C(=O)C21CC1. The molecule has 1 fully saturated rings. The standard InChI is InChI=1S/C32H39F2N5O4Si/c1-7-26(40)37-23-18-36-39(13-9-8-10-14-44(4,5)6)29(23)22-15-21-20(17-35-22)19-38(31(41)32(21)11-12-32)30-27(33)24(42-2)16-25(43-3)28(30)34/h7,15-18H,1,8-14,19H2,2-6H3,(H,37,40). The molecule has 234 valence electrons. The molecule has 2 aromatic heterocycles. The van der Waals surface area contributed by atoms with Gasteiger partial charge in [-0.3, -0.25) is 19.3 Å². The summed E-state index contributed by atoms with van der Waals surface area (Å²) in [6.07, 6.45) is 8.62. The van der Waals surface area contributed by atoms with E-state index in [0.29, 0.717) is 42.0 Å². The summed E-state index contributed by atoms with van der Waals surface area (Å²) in [6, 6.07) is 4.24. The molecule has 5 rings (SSSR count). The van der Waals surface area contributed by atoms with Crippen LogP contribution in [0.2, 0.25) is 25.7 Å². The zero-order valence-electron chi connectivity index (χ0n) is 25.9. The minimum atomic E-state index is -1.11. The van der Waals surface area contributed by atoms with Crippen molar-refractivity contribution >= 4 is 31.3 Å². The summed E-state index contributed by atoms with van der Waals surface area (Å²) in [6.45, 7) is 11.2. The molecule has 12 heteroatoms. The van der Waals surface area contributed by atoms with Crippen LogP contribution < -0.4 is 19.7 Å². The smallest absolute Gasteiger partial charge is 0.247 e. The summed E-state index contributed by atoms with van der Waals surface area (Å²) >= 11 is 0. The molecule has 3 heterocycles. The highest BCUT2D eigenvalue weighted by Crippen LogP contribution is 2.55. The lowest BCUT2D eigenvalue weighted by Crippen LogP contribution is -2.45. The number of anilines is 2. The normalized spacial score (nSPS) is 15.2. The Morgan fingerprint density at radius 1 is 1.09 bits per heavy atom. The molecule has 1 saturated carbocycles. The molecule has 1 spiro atoms. The predicted octanol–water partition coefficient (Wildman–Crippen LogP) is 6.45.